The standard InChI is InChI=1S/C12H24O3S/c1-3-4-9-15-12(14)8-7-11(13)6-5-10-16-2/h11,13H,3-10H2,1-2H3. The summed E-state index contributed by atoms with van der Waals surface area (Å²) in [5.41, 5.74) is 0. The van der Waals surface area contributed by atoms with Crippen molar-refractivity contribution in [3.05, 3.63) is 0 Å². The first-order valence-corrected chi connectivity index (χ1v) is 7.42. The molecule has 1 atom stereocenters. The van der Waals surface area contributed by atoms with Crippen LogP contribution in [0, 0.1) is 0 Å². The quantitative estimate of drug-likeness (QED) is 0.477. The van der Waals surface area contributed by atoms with Crippen LogP contribution in [0.2, 0.25) is 0 Å². The number of carbonyl (C=O) groups is 1. The fourth-order valence-electron chi connectivity index (χ4n) is 1.29. The Hall–Kier alpha value is -0.220. The minimum atomic E-state index is -0.356. The number of aliphatic hydroxyl groups is 1. The van der Waals surface area contributed by atoms with Gasteiger partial charge in [0.15, 0.2) is 0 Å². The highest BCUT2D eigenvalue weighted by Crippen LogP contribution is 2.08. The Morgan fingerprint density at radius 3 is 2.75 bits per heavy atom. The lowest BCUT2D eigenvalue weighted by Crippen LogP contribution is -2.12. The number of ether oxygens (including phenoxy) is 1. The van der Waals surface area contributed by atoms with Crippen LogP contribution >= 0.6 is 11.8 Å². The molecule has 1 N–H and O–H groups in total. The molecule has 0 aliphatic heterocycles. The molecular formula is C12H24O3S. The van der Waals surface area contributed by atoms with Gasteiger partial charge in [0.25, 0.3) is 0 Å². The van der Waals surface area contributed by atoms with Crippen LogP contribution in [0.15, 0.2) is 0 Å². The molecule has 0 aliphatic carbocycles. The molecule has 4 heteroatoms. The maximum absolute atomic E-state index is 11.2. The normalized spacial score (nSPS) is 12.4. The zero-order valence-corrected chi connectivity index (χ0v) is 11.2. The number of hydrogen-bond acceptors (Lipinski definition) is 4. The van der Waals surface area contributed by atoms with E-state index in [2.05, 4.69) is 13.2 Å². The fraction of sp³-hybridized carbons (Fsp3) is 0.917. The molecule has 0 saturated carbocycles. The lowest BCUT2D eigenvalue weighted by atomic mass is 10.1. The molecule has 0 spiro atoms. The summed E-state index contributed by atoms with van der Waals surface area (Å²) >= 11 is 1.78. The van der Waals surface area contributed by atoms with Crippen LogP contribution in [0.3, 0.4) is 0 Å². The van der Waals surface area contributed by atoms with Crippen molar-refractivity contribution in [1.82, 2.24) is 0 Å². The van der Waals surface area contributed by atoms with E-state index in [1.165, 1.54) is 0 Å². The number of aliphatic hydroxyl groups excluding tert-OH is 1. The maximum Gasteiger partial charge on any atom is 0.305 e. The highest BCUT2D eigenvalue weighted by molar-refractivity contribution is 7.98. The minimum Gasteiger partial charge on any atom is -0.466 e. The first kappa shape index (κ1) is 15.8. The van der Waals surface area contributed by atoms with E-state index in [1.54, 1.807) is 11.8 Å². The molecule has 0 amide bonds. The first-order valence-electron chi connectivity index (χ1n) is 6.03. The number of unbranched alkanes of at least 4 members (excludes halogenated alkanes) is 1. The summed E-state index contributed by atoms with van der Waals surface area (Å²) in [6.07, 6.45) is 6.30. The van der Waals surface area contributed by atoms with E-state index in [0.29, 0.717) is 19.4 Å². The third-order valence-corrected chi connectivity index (χ3v) is 3.03. The molecule has 96 valence electrons. The van der Waals surface area contributed by atoms with Crippen LogP contribution in [-0.2, 0) is 9.53 Å². The molecule has 16 heavy (non-hydrogen) atoms. The Bertz CT molecular complexity index is 174. The van der Waals surface area contributed by atoms with Crippen molar-refractivity contribution in [1.29, 1.82) is 0 Å². The fourth-order valence-corrected chi connectivity index (χ4v) is 1.75. The lowest BCUT2D eigenvalue weighted by Gasteiger charge is -2.09. The zero-order chi connectivity index (χ0) is 12.2. The van der Waals surface area contributed by atoms with E-state index >= 15 is 0 Å². The van der Waals surface area contributed by atoms with Crippen molar-refractivity contribution in [2.45, 2.75) is 51.6 Å². The van der Waals surface area contributed by atoms with E-state index in [9.17, 15) is 9.90 Å². The van der Waals surface area contributed by atoms with E-state index in [1.807, 2.05) is 0 Å². The van der Waals surface area contributed by atoms with Gasteiger partial charge in [-0.1, -0.05) is 13.3 Å². The number of thioether (sulfide) groups is 1. The second-order valence-electron chi connectivity index (χ2n) is 3.90. The Morgan fingerprint density at radius 2 is 2.12 bits per heavy atom. The Labute approximate surface area is 103 Å². The average Bonchev–Trinajstić information content (AvgIpc) is 2.27. The summed E-state index contributed by atoms with van der Waals surface area (Å²) in [6.45, 7) is 2.57. The molecule has 0 heterocycles. The van der Waals surface area contributed by atoms with Gasteiger partial charge in [-0.05, 0) is 37.7 Å². The number of hydrogen-bond donors (Lipinski definition) is 1. The molecule has 0 rings (SSSR count). The van der Waals surface area contributed by atoms with Crippen LogP contribution in [0.4, 0.5) is 0 Å². The molecule has 0 aromatic heterocycles. The molecular weight excluding hydrogens is 224 g/mol. The van der Waals surface area contributed by atoms with Gasteiger partial charge >= 0.3 is 5.97 Å². The largest absolute Gasteiger partial charge is 0.466 e. The van der Waals surface area contributed by atoms with Crippen LogP contribution in [0.25, 0.3) is 0 Å². The van der Waals surface area contributed by atoms with Crippen LogP contribution in [0.5, 0.6) is 0 Å². The van der Waals surface area contributed by atoms with Gasteiger partial charge in [-0.15, -0.1) is 0 Å². The van der Waals surface area contributed by atoms with Crippen molar-refractivity contribution < 1.29 is 14.6 Å². The predicted molar refractivity (Wildman–Crippen MR) is 68.7 cm³/mol. The van der Waals surface area contributed by atoms with Crippen LogP contribution < -0.4 is 0 Å². The van der Waals surface area contributed by atoms with Crippen molar-refractivity contribution in [3.63, 3.8) is 0 Å². The topological polar surface area (TPSA) is 46.5 Å². The van der Waals surface area contributed by atoms with Crippen LogP contribution in [0.1, 0.15) is 45.4 Å². The van der Waals surface area contributed by atoms with Gasteiger partial charge in [-0.25, -0.2) is 0 Å². The van der Waals surface area contributed by atoms with Gasteiger partial charge in [0.1, 0.15) is 0 Å². The highest BCUT2D eigenvalue weighted by Gasteiger charge is 2.08. The minimum absolute atomic E-state index is 0.183. The summed E-state index contributed by atoms with van der Waals surface area (Å²) in [6, 6.07) is 0. The lowest BCUT2D eigenvalue weighted by molar-refractivity contribution is -0.144. The average molecular weight is 248 g/mol. The molecule has 3 nitrogen and oxygen atoms in total. The molecule has 0 radical (unpaired) electrons. The molecule has 0 fully saturated rings. The third kappa shape index (κ3) is 10.3. The molecule has 0 bridgehead atoms. The van der Waals surface area contributed by atoms with Gasteiger partial charge < -0.3 is 9.84 Å². The predicted octanol–water partition coefficient (Wildman–Crippen LogP) is 2.61. The summed E-state index contributed by atoms with van der Waals surface area (Å²) in [4.78, 5) is 11.2. The summed E-state index contributed by atoms with van der Waals surface area (Å²) in [5.74, 6) is 0.884. The Morgan fingerprint density at radius 1 is 1.38 bits per heavy atom. The number of esters is 1. The Kier molecular flexibility index (Phi) is 11.1. The SMILES string of the molecule is CCCCOC(=O)CCC(O)CCCSC. The first-order chi connectivity index (χ1) is 7.70. The highest BCUT2D eigenvalue weighted by atomic mass is 32.2. The van der Waals surface area contributed by atoms with Gasteiger partial charge in [-0.3, -0.25) is 4.79 Å². The number of rotatable bonds is 10. The Balaban J connectivity index is 3.36. The smallest absolute Gasteiger partial charge is 0.305 e. The van der Waals surface area contributed by atoms with Gasteiger partial charge in [0, 0.05) is 6.42 Å². The maximum atomic E-state index is 11.2. The van der Waals surface area contributed by atoms with Crippen molar-refractivity contribution in [2.75, 3.05) is 18.6 Å². The van der Waals surface area contributed by atoms with Gasteiger partial charge in [0.2, 0.25) is 0 Å². The molecule has 1 unspecified atom stereocenters. The van der Waals surface area contributed by atoms with E-state index in [4.69, 9.17) is 4.74 Å². The van der Waals surface area contributed by atoms with E-state index < -0.39 is 0 Å². The zero-order valence-electron chi connectivity index (χ0n) is 10.4. The second-order valence-corrected chi connectivity index (χ2v) is 4.89. The molecule has 0 aliphatic rings. The monoisotopic (exact) mass is 248 g/mol. The van der Waals surface area contributed by atoms with Crippen molar-refractivity contribution >= 4 is 17.7 Å². The second kappa shape index (κ2) is 11.3. The molecule has 0 saturated heterocycles. The van der Waals surface area contributed by atoms with Crippen molar-refractivity contribution in [3.8, 4) is 0 Å². The number of carbonyl (C=O) groups excluding carboxylic acids is 1. The third-order valence-electron chi connectivity index (χ3n) is 2.33. The molecule has 0 aromatic rings. The summed E-state index contributed by atoms with van der Waals surface area (Å²) in [7, 11) is 0. The van der Waals surface area contributed by atoms with E-state index in [0.717, 1.165) is 31.4 Å². The van der Waals surface area contributed by atoms with Crippen molar-refractivity contribution in [2.24, 2.45) is 0 Å². The van der Waals surface area contributed by atoms with E-state index in [-0.39, 0.29) is 12.1 Å². The van der Waals surface area contributed by atoms with Gasteiger partial charge in [0.05, 0.1) is 12.7 Å². The van der Waals surface area contributed by atoms with Gasteiger partial charge in [-0.2, -0.15) is 11.8 Å². The summed E-state index contributed by atoms with van der Waals surface area (Å²) in [5, 5.41) is 9.58. The van der Waals surface area contributed by atoms with Crippen LogP contribution in [-0.4, -0.2) is 35.8 Å². The summed E-state index contributed by atoms with van der Waals surface area (Å²) < 4.78 is 5.00. The molecule has 0 aromatic carbocycles.